The smallest absolute Gasteiger partial charge is 0.276 e. The lowest BCUT2D eigenvalue weighted by molar-refractivity contribution is 0.0984. The Morgan fingerprint density at radius 3 is 2.58 bits per heavy atom. The third-order valence-electron chi connectivity index (χ3n) is 5.14. The van der Waals surface area contributed by atoms with Gasteiger partial charge in [-0.1, -0.05) is 29.8 Å². The summed E-state index contributed by atoms with van der Waals surface area (Å²) in [6, 6.07) is 17.7. The fraction of sp³-hybridized carbons (Fsp3) is 0.0417. The predicted octanol–water partition coefficient (Wildman–Crippen LogP) is 4.68. The Kier molecular flexibility index (Phi) is 5.42. The summed E-state index contributed by atoms with van der Waals surface area (Å²) in [5, 5.41) is 6.19. The highest BCUT2D eigenvalue weighted by Gasteiger charge is 2.25. The zero-order valence-electron chi connectivity index (χ0n) is 17.2. The van der Waals surface area contributed by atoms with Crippen LogP contribution < -0.4 is 15.5 Å². The van der Waals surface area contributed by atoms with E-state index in [-0.39, 0.29) is 22.4 Å². The molecular formula is C24H17ClN6O2. The molecule has 3 aromatic heterocycles. The molecule has 9 heteroatoms. The first-order valence-electron chi connectivity index (χ1n) is 10.1. The molecule has 2 N–H and O–H groups in total. The van der Waals surface area contributed by atoms with E-state index in [0.29, 0.717) is 17.9 Å². The molecule has 0 spiro atoms. The van der Waals surface area contributed by atoms with Crippen LogP contribution in [0.3, 0.4) is 0 Å². The van der Waals surface area contributed by atoms with Gasteiger partial charge in [-0.05, 0) is 42.5 Å². The molecule has 4 heterocycles. The molecule has 0 fully saturated rings. The molecule has 0 saturated heterocycles. The van der Waals surface area contributed by atoms with Crippen molar-refractivity contribution in [1.29, 1.82) is 0 Å². The number of carbonyl (C=O) groups excluding carboxylic acids is 2. The van der Waals surface area contributed by atoms with Crippen molar-refractivity contribution < 1.29 is 9.59 Å². The number of benzene rings is 1. The van der Waals surface area contributed by atoms with E-state index in [1.165, 1.54) is 12.4 Å². The molecule has 0 unspecified atom stereocenters. The summed E-state index contributed by atoms with van der Waals surface area (Å²) in [5.41, 5.74) is 2.90. The Labute approximate surface area is 194 Å². The van der Waals surface area contributed by atoms with Gasteiger partial charge in [0, 0.05) is 24.2 Å². The van der Waals surface area contributed by atoms with Crippen molar-refractivity contribution in [3.05, 3.63) is 101 Å². The van der Waals surface area contributed by atoms with Gasteiger partial charge >= 0.3 is 0 Å². The average Bonchev–Trinajstić information content (AvgIpc) is 3.01. The van der Waals surface area contributed by atoms with Crippen molar-refractivity contribution >= 4 is 46.4 Å². The monoisotopic (exact) mass is 456 g/mol. The molecule has 162 valence electrons. The summed E-state index contributed by atoms with van der Waals surface area (Å²) in [5.74, 6) is 0.290. The lowest BCUT2D eigenvalue weighted by atomic mass is 10.1. The zero-order chi connectivity index (χ0) is 22.8. The molecule has 0 aliphatic carbocycles. The number of pyridine rings is 3. The second kappa shape index (κ2) is 8.68. The van der Waals surface area contributed by atoms with Crippen LogP contribution in [-0.2, 0) is 6.54 Å². The van der Waals surface area contributed by atoms with Crippen molar-refractivity contribution in [2.45, 2.75) is 6.54 Å². The first-order valence-corrected chi connectivity index (χ1v) is 10.5. The fourth-order valence-electron chi connectivity index (χ4n) is 3.54. The van der Waals surface area contributed by atoms with Gasteiger partial charge in [-0.3, -0.25) is 9.59 Å². The molecule has 5 rings (SSSR count). The Morgan fingerprint density at radius 2 is 1.76 bits per heavy atom. The number of nitrogens with one attached hydrogen (secondary N) is 2. The Morgan fingerprint density at radius 1 is 0.939 bits per heavy atom. The number of carbonyl (C=O) groups is 2. The second-order valence-corrected chi connectivity index (χ2v) is 7.67. The Hall–Kier alpha value is -4.30. The maximum absolute atomic E-state index is 13.4. The first kappa shape index (κ1) is 20.6. The second-order valence-electron chi connectivity index (χ2n) is 7.26. The highest BCUT2D eigenvalue weighted by atomic mass is 35.5. The minimum atomic E-state index is -0.483. The topological polar surface area (TPSA) is 100 Å². The van der Waals surface area contributed by atoms with Crippen molar-refractivity contribution in [3.63, 3.8) is 0 Å². The third-order valence-corrected chi connectivity index (χ3v) is 5.44. The standard InChI is InChI=1S/C24H17ClN6O2/c25-17-6-4-11-26-21(17)23(32)30-20-10-9-15(13-28-20)24(33)31-14-16-5-3-12-27-22(16)29-18-7-1-2-8-19(18)31/h1-13H,14H2,(H,27,29)(H,28,30,32). The van der Waals surface area contributed by atoms with Gasteiger partial charge < -0.3 is 15.5 Å². The fourth-order valence-corrected chi connectivity index (χ4v) is 3.74. The molecule has 0 saturated carbocycles. The van der Waals surface area contributed by atoms with Gasteiger partial charge in [0.15, 0.2) is 0 Å². The van der Waals surface area contributed by atoms with Crippen molar-refractivity contribution in [2.75, 3.05) is 15.5 Å². The number of fused-ring (bicyclic) bond motifs is 2. The lowest BCUT2D eigenvalue weighted by Crippen LogP contribution is -2.30. The molecule has 1 aliphatic rings. The largest absolute Gasteiger partial charge is 0.338 e. The number of anilines is 4. The zero-order valence-corrected chi connectivity index (χ0v) is 18.0. The molecular weight excluding hydrogens is 440 g/mol. The van der Waals surface area contributed by atoms with Gasteiger partial charge in [0.2, 0.25) is 0 Å². The van der Waals surface area contributed by atoms with Crippen LogP contribution in [0.25, 0.3) is 0 Å². The number of hydrogen-bond donors (Lipinski definition) is 2. The highest BCUT2D eigenvalue weighted by molar-refractivity contribution is 6.34. The van der Waals surface area contributed by atoms with Crippen molar-refractivity contribution in [3.8, 4) is 0 Å². The minimum absolute atomic E-state index is 0.0991. The van der Waals surface area contributed by atoms with Crippen LogP contribution in [0, 0.1) is 0 Å². The van der Waals surface area contributed by atoms with Gasteiger partial charge in [0.25, 0.3) is 11.8 Å². The summed E-state index contributed by atoms with van der Waals surface area (Å²) in [7, 11) is 0. The van der Waals surface area contributed by atoms with E-state index >= 15 is 0 Å². The number of halogens is 1. The molecule has 0 atom stereocenters. The molecule has 1 aliphatic heterocycles. The maximum atomic E-state index is 13.4. The average molecular weight is 457 g/mol. The Bertz CT molecular complexity index is 1360. The number of hydrogen-bond acceptors (Lipinski definition) is 6. The van der Waals surface area contributed by atoms with E-state index in [9.17, 15) is 9.59 Å². The molecule has 0 bridgehead atoms. The molecule has 4 aromatic rings. The van der Waals surface area contributed by atoms with Gasteiger partial charge in [-0.25, -0.2) is 15.0 Å². The molecule has 33 heavy (non-hydrogen) atoms. The molecule has 2 amide bonds. The maximum Gasteiger partial charge on any atom is 0.276 e. The summed E-state index contributed by atoms with van der Waals surface area (Å²) >= 11 is 6.03. The first-order chi connectivity index (χ1) is 16.1. The van der Waals surface area contributed by atoms with E-state index in [1.54, 1.807) is 35.4 Å². The minimum Gasteiger partial charge on any atom is -0.338 e. The van der Waals surface area contributed by atoms with Gasteiger partial charge in [0.1, 0.15) is 17.3 Å². The van der Waals surface area contributed by atoms with Crippen LogP contribution in [0.2, 0.25) is 5.02 Å². The summed E-state index contributed by atoms with van der Waals surface area (Å²) in [4.78, 5) is 40.2. The predicted molar refractivity (Wildman–Crippen MR) is 126 cm³/mol. The highest BCUT2D eigenvalue weighted by Crippen LogP contribution is 2.35. The third kappa shape index (κ3) is 4.11. The van der Waals surface area contributed by atoms with Crippen molar-refractivity contribution in [2.24, 2.45) is 0 Å². The van der Waals surface area contributed by atoms with Crippen molar-refractivity contribution in [1.82, 2.24) is 15.0 Å². The van der Waals surface area contributed by atoms with E-state index in [1.807, 2.05) is 36.4 Å². The van der Waals surface area contributed by atoms with E-state index in [2.05, 4.69) is 25.6 Å². The summed E-state index contributed by atoms with van der Waals surface area (Å²) < 4.78 is 0. The van der Waals surface area contributed by atoms with Gasteiger partial charge in [0.05, 0.1) is 28.5 Å². The van der Waals surface area contributed by atoms with E-state index < -0.39 is 5.91 Å². The van der Waals surface area contributed by atoms with Crippen LogP contribution >= 0.6 is 11.6 Å². The summed E-state index contributed by atoms with van der Waals surface area (Å²) in [6.07, 6.45) is 4.63. The van der Waals surface area contributed by atoms with Gasteiger partial charge in [-0.15, -0.1) is 0 Å². The van der Waals surface area contributed by atoms with Gasteiger partial charge in [-0.2, -0.15) is 0 Å². The molecule has 1 aromatic carbocycles. The summed E-state index contributed by atoms with van der Waals surface area (Å²) in [6.45, 7) is 0.350. The number of aromatic nitrogens is 3. The number of nitrogens with zero attached hydrogens (tertiary/aromatic N) is 4. The van der Waals surface area contributed by atoms with Crippen LogP contribution in [0.1, 0.15) is 26.4 Å². The number of rotatable bonds is 3. The molecule has 0 radical (unpaired) electrons. The van der Waals surface area contributed by atoms with Crippen LogP contribution in [0.15, 0.2) is 79.3 Å². The van der Waals surface area contributed by atoms with E-state index in [0.717, 1.165) is 16.9 Å². The number of para-hydroxylation sites is 2. The lowest BCUT2D eigenvalue weighted by Gasteiger charge is -2.22. The van der Waals surface area contributed by atoms with E-state index in [4.69, 9.17) is 11.6 Å². The van der Waals surface area contributed by atoms with Crippen LogP contribution in [0.5, 0.6) is 0 Å². The van der Waals surface area contributed by atoms with Crippen LogP contribution in [0.4, 0.5) is 23.0 Å². The normalized spacial score (nSPS) is 12.1. The quantitative estimate of drug-likeness (QED) is 0.464. The van der Waals surface area contributed by atoms with Crippen LogP contribution in [-0.4, -0.2) is 26.8 Å². The SMILES string of the molecule is O=C(Nc1ccc(C(=O)N2Cc3cccnc3Nc3ccccc32)cn1)c1ncccc1Cl. The Balaban J connectivity index is 1.40. The molecule has 8 nitrogen and oxygen atoms in total. The number of amides is 2.